The normalized spacial score (nSPS) is 11.2. The highest BCUT2D eigenvalue weighted by molar-refractivity contribution is 8.04. The van der Waals surface area contributed by atoms with Gasteiger partial charge in [-0.1, -0.05) is 12.1 Å². The molecule has 29 heavy (non-hydrogen) atoms. The van der Waals surface area contributed by atoms with Gasteiger partial charge < -0.3 is 19.3 Å². The lowest BCUT2D eigenvalue weighted by Crippen LogP contribution is -1.97. The van der Waals surface area contributed by atoms with E-state index in [4.69, 9.17) is 14.2 Å². The maximum absolute atomic E-state index is 11.7. The van der Waals surface area contributed by atoms with Gasteiger partial charge in [0.05, 0.1) is 21.3 Å². The number of H-pyrrole nitrogens is 1. The maximum atomic E-state index is 11.7. The summed E-state index contributed by atoms with van der Waals surface area (Å²) < 4.78 is 15.6. The van der Waals surface area contributed by atoms with E-state index in [1.165, 1.54) is 0 Å². The van der Waals surface area contributed by atoms with Crippen LogP contribution in [-0.2, 0) is 4.79 Å². The molecule has 0 spiro atoms. The Balaban J connectivity index is 1.85. The number of benzene rings is 2. The third-order valence-electron chi connectivity index (χ3n) is 3.92. The highest BCUT2D eigenvalue weighted by atomic mass is 32.2. The van der Waals surface area contributed by atoms with Crippen LogP contribution in [0.2, 0.25) is 0 Å². The Bertz CT molecular complexity index is 1010. The van der Waals surface area contributed by atoms with Crippen molar-refractivity contribution < 1.29 is 24.1 Å². The number of aliphatic carboxylic acids is 1. The molecule has 0 bridgehead atoms. The van der Waals surface area contributed by atoms with Gasteiger partial charge in [-0.2, -0.15) is 0 Å². The van der Waals surface area contributed by atoms with Gasteiger partial charge in [0.1, 0.15) is 22.2 Å². The van der Waals surface area contributed by atoms with Crippen molar-refractivity contribution in [1.29, 1.82) is 0 Å². The van der Waals surface area contributed by atoms with Crippen LogP contribution in [0.15, 0.2) is 52.5 Å². The number of nitrogens with zero attached hydrogens (tertiary/aromatic N) is 2. The number of hydrogen-bond acceptors (Lipinski definition) is 7. The Morgan fingerprint density at radius 3 is 2.17 bits per heavy atom. The smallest absolute Gasteiger partial charge is 0.342 e. The van der Waals surface area contributed by atoms with Crippen LogP contribution in [0.5, 0.6) is 17.2 Å². The Morgan fingerprint density at radius 2 is 1.62 bits per heavy atom. The zero-order chi connectivity index (χ0) is 20.8. The van der Waals surface area contributed by atoms with Crippen LogP contribution in [0.1, 0.15) is 5.56 Å². The number of carbonyl (C=O) groups is 1. The number of hydrogen-bond donors (Lipinski definition) is 2. The molecule has 9 heteroatoms. The predicted octanol–water partition coefficient (Wildman–Crippen LogP) is 3.72. The molecule has 3 aromatic rings. The molecular weight excluding hydrogens is 394 g/mol. The lowest BCUT2D eigenvalue weighted by atomic mass is 10.2. The van der Waals surface area contributed by atoms with Crippen LogP contribution >= 0.6 is 11.8 Å². The molecule has 2 N–H and O–H groups in total. The summed E-state index contributed by atoms with van der Waals surface area (Å²) in [7, 11) is 4.69. The molecule has 0 aliphatic heterocycles. The van der Waals surface area contributed by atoms with Crippen LogP contribution in [0.25, 0.3) is 17.5 Å². The van der Waals surface area contributed by atoms with Gasteiger partial charge in [0, 0.05) is 11.6 Å². The predicted molar refractivity (Wildman–Crippen MR) is 109 cm³/mol. The number of nitrogens with one attached hydrogen (secondary N) is 1. The first-order chi connectivity index (χ1) is 14.0. The van der Waals surface area contributed by atoms with Crippen molar-refractivity contribution in [3.05, 3.63) is 52.9 Å². The minimum Gasteiger partial charge on any atom is -0.497 e. The summed E-state index contributed by atoms with van der Waals surface area (Å²) in [6.07, 6.45) is 1.55. The largest absolute Gasteiger partial charge is 0.497 e. The zero-order valence-corrected chi connectivity index (χ0v) is 16.8. The molecule has 0 aliphatic rings. The molecule has 0 unspecified atom stereocenters. The summed E-state index contributed by atoms with van der Waals surface area (Å²) >= 11 is 0.951. The van der Waals surface area contributed by atoms with Crippen molar-refractivity contribution in [1.82, 2.24) is 15.2 Å². The van der Waals surface area contributed by atoms with Crippen LogP contribution in [-0.4, -0.2) is 47.6 Å². The fourth-order valence-corrected chi connectivity index (χ4v) is 3.16. The molecule has 150 valence electrons. The number of rotatable bonds is 8. The van der Waals surface area contributed by atoms with Crippen LogP contribution in [0.4, 0.5) is 0 Å². The molecule has 0 saturated carbocycles. The number of aromatic nitrogens is 3. The van der Waals surface area contributed by atoms with Gasteiger partial charge >= 0.3 is 5.97 Å². The van der Waals surface area contributed by atoms with E-state index in [9.17, 15) is 9.90 Å². The molecule has 1 aromatic heterocycles. The summed E-state index contributed by atoms with van der Waals surface area (Å²) in [5.41, 5.74) is 1.43. The SMILES string of the molecule is COc1ccc(/C=C(\Sc2n[nH]c(-c3cc(OC)cc(OC)c3)n2)C(=O)O)cc1. The third-order valence-corrected chi connectivity index (χ3v) is 4.79. The number of methoxy groups -OCH3 is 3. The first-order valence-electron chi connectivity index (χ1n) is 8.45. The fraction of sp³-hybridized carbons (Fsp3) is 0.150. The second kappa shape index (κ2) is 9.16. The second-order valence-electron chi connectivity index (χ2n) is 5.76. The van der Waals surface area contributed by atoms with E-state index in [-0.39, 0.29) is 10.1 Å². The quantitative estimate of drug-likeness (QED) is 0.425. The maximum Gasteiger partial charge on any atom is 0.342 e. The average Bonchev–Trinajstić information content (AvgIpc) is 3.22. The highest BCUT2D eigenvalue weighted by Crippen LogP contribution is 2.31. The minimum absolute atomic E-state index is 0.0870. The summed E-state index contributed by atoms with van der Waals surface area (Å²) in [5, 5.41) is 16.8. The minimum atomic E-state index is -1.07. The van der Waals surface area contributed by atoms with Gasteiger partial charge in [0.2, 0.25) is 5.16 Å². The zero-order valence-electron chi connectivity index (χ0n) is 16.0. The highest BCUT2D eigenvalue weighted by Gasteiger charge is 2.15. The molecule has 0 atom stereocenters. The molecule has 0 radical (unpaired) electrons. The van der Waals surface area contributed by atoms with Crippen LogP contribution in [0, 0.1) is 0 Å². The van der Waals surface area contributed by atoms with Crippen molar-refractivity contribution in [3.63, 3.8) is 0 Å². The fourth-order valence-electron chi connectivity index (χ4n) is 2.45. The molecule has 3 rings (SSSR count). The van der Waals surface area contributed by atoms with Crippen LogP contribution < -0.4 is 14.2 Å². The van der Waals surface area contributed by atoms with Gasteiger partial charge in [-0.15, -0.1) is 5.10 Å². The summed E-state index contributed by atoms with van der Waals surface area (Å²) in [6.45, 7) is 0. The first-order valence-corrected chi connectivity index (χ1v) is 9.26. The number of thioether (sulfide) groups is 1. The van der Waals surface area contributed by atoms with Crippen molar-refractivity contribution in [2.75, 3.05) is 21.3 Å². The molecule has 0 amide bonds. The topological polar surface area (TPSA) is 107 Å². The van der Waals surface area contributed by atoms with E-state index in [0.29, 0.717) is 28.6 Å². The molecule has 2 aromatic carbocycles. The van der Waals surface area contributed by atoms with Crippen molar-refractivity contribution in [2.24, 2.45) is 0 Å². The van der Waals surface area contributed by atoms with E-state index in [0.717, 1.165) is 17.3 Å². The number of ether oxygens (including phenoxy) is 3. The summed E-state index contributed by atoms with van der Waals surface area (Å²) in [6, 6.07) is 12.4. The molecule has 1 heterocycles. The second-order valence-corrected chi connectivity index (χ2v) is 6.77. The Labute approximate surface area is 171 Å². The van der Waals surface area contributed by atoms with Crippen molar-refractivity contribution in [3.8, 4) is 28.6 Å². The van der Waals surface area contributed by atoms with E-state index < -0.39 is 5.97 Å². The van der Waals surface area contributed by atoms with Crippen molar-refractivity contribution >= 4 is 23.8 Å². The first kappa shape index (κ1) is 20.3. The average molecular weight is 413 g/mol. The van der Waals surface area contributed by atoms with Gasteiger partial charge in [-0.05, 0) is 47.7 Å². The number of carboxylic acids is 1. The number of aromatic amines is 1. The van der Waals surface area contributed by atoms with Gasteiger partial charge in [0.25, 0.3) is 0 Å². The Kier molecular flexibility index (Phi) is 6.40. The molecule has 8 nitrogen and oxygen atoms in total. The molecule has 0 aliphatic carbocycles. The van der Waals surface area contributed by atoms with Gasteiger partial charge in [-0.3, -0.25) is 5.10 Å². The Morgan fingerprint density at radius 1 is 1.00 bits per heavy atom. The summed E-state index contributed by atoms with van der Waals surface area (Å²) in [4.78, 5) is 16.1. The van der Waals surface area contributed by atoms with Gasteiger partial charge in [0.15, 0.2) is 5.82 Å². The molecule has 0 saturated heterocycles. The number of carboxylic acid groups (broad SMARTS) is 1. The lowest BCUT2D eigenvalue weighted by molar-refractivity contribution is -0.131. The standard InChI is InChI=1S/C20H19N3O5S/c1-26-14-6-4-12(5-7-14)8-17(19(24)25)29-20-21-18(22-23-20)13-9-15(27-2)11-16(10-13)28-3/h4-11H,1-3H3,(H,24,25)(H,21,22,23)/b17-8-. The lowest BCUT2D eigenvalue weighted by Gasteiger charge is -2.06. The van der Waals surface area contributed by atoms with Gasteiger partial charge in [-0.25, -0.2) is 9.78 Å². The molecular formula is C20H19N3O5S. The van der Waals surface area contributed by atoms with E-state index in [2.05, 4.69) is 15.2 Å². The van der Waals surface area contributed by atoms with E-state index >= 15 is 0 Å². The third kappa shape index (κ3) is 5.08. The Hall–Kier alpha value is -3.46. The van der Waals surface area contributed by atoms with Crippen LogP contribution in [0.3, 0.4) is 0 Å². The van der Waals surface area contributed by atoms with Crippen molar-refractivity contribution in [2.45, 2.75) is 5.16 Å². The van der Waals surface area contributed by atoms with E-state index in [1.807, 2.05) is 0 Å². The van der Waals surface area contributed by atoms with E-state index in [1.54, 1.807) is 69.9 Å². The molecule has 0 fully saturated rings. The monoisotopic (exact) mass is 413 g/mol. The summed E-state index contributed by atoms with van der Waals surface area (Å²) in [5.74, 6) is 1.31.